The minimum absolute atomic E-state index is 0.0808. The zero-order chi connectivity index (χ0) is 18.2. The van der Waals surface area contributed by atoms with Gasteiger partial charge in [0.2, 0.25) is 0 Å². The summed E-state index contributed by atoms with van der Waals surface area (Å²) in [6, 6.07) is 7.07. The number of nitrogens with one attached hydrogen (secondary N) is 1. The maximum Gasteiger partial charge on any atom is 0.291 e. The van der Waals surface area contributed by atoms with Gasteiger partial charge in [-0.05, 0) is 43.0 Å². The van der Waals surface area contributed by atoms with Crippen molar-refractivity contribution in [2.45, 2.75) is 33.6 Å². The third-order valence-corrected chi connectivity index (χ3v) is 4.47. The average molecular weight is 342 g/mol. The summed E-state index contributed by atoms with van der Waals surface area (Å²) in [7, 11) is 1.59. The first-order valence-electron chi connectivity index (χ1n) is 8.13. The van der Waals surface area contributed by atoms with E-state index in [-0.39, 0.29) is 17.1 Å². The van der Waals surface area contributed by atoms with Gasteiger partial charge in [-0.15, -0.1) is 0 Å². The van der Waals surface area contributed by atoms with Gasteiger partial charge < -0.3 is 19.7 Å². The van der Waals surface area contributed by atoms with Gasteiger partial charge in [-0.2, -0.15) is 0 Å². The molecule has 1 amide bonds. The van der Waals surface area contributed by atoms with E-state index < -0.39 is 0 Å². The molecule has 1 aromatic heterocycles. The standard InChI is InChI=1S/C19H22N2O4/c1-11-16-14(21-23)9-19(2,3)10-15(16)25-17(11)18(22)20-12-5-7-13(24-4)8-6-12/h5-8,23H,9-10H2,1-4H3,(H,20,22)/b21-14+. The number of hydrogen-bond acceptors (Lipinski definition) is 5. The highest BCUT2D eigenvalue weighted by molar-refractivity contribution is 6.09. The summed E-state index contributed by atoms with van der Waals surface area (Å²) in [5.41, 5.74) is 2.58. The second-order valence-corrected chi connectivity index (χ2v) is 7.10. The summed E-state index contributed by atoms with van der Waals surface area (Å²) in [4.78, 5) is 12.6. The summed E-state index contributed by atoms with van der Waals surface area (Å²) >= 11 is 0. The number of oxime groups is 1. The molecule has 0 fully saturated rings. The number of hydrogen-bond donors (Lipinski definition) is 2. The Morgan fingerprint density at radius 3 is 2.56 bits per heavy atom. The number of nitrogens with zero attached hydrogens (tertiary/aromatic N) is 1. The lowest BCUT2D eigenvalue weighted by Gasteiger charge is -2.28. The Labute approximate surface area is 146 Å². The van der Waals surface area contributed by atoms with E-state index in [0.717, 1.165) is 5.56 Å². The molecular formula is C19H22N2O4. The molecule has 1 aromatic carbocycles. The lowest BCUT2D eigenvalue weighted by Crippen LogP contribution is -2.27. The number of carbonyl (C=O) groups excluding carboxylic acids is 1. The Morgan fingerprint density at radius 2 is 1.96 bits per heavy atom. The Bertz CT molecular complexity index is 832. The van der Waals surface area contributed by atoms with E-state index in [1.807, 2.05) is 6.92 Å². The minimum Gasteiger partial charge on any atom is -0.497 e. The monoisotopic (exact) mass is 342 g/mol. The summed E-state index contributed by atoms with van der Waals surface area (Å²) in [5.74, 6) is 1.34. The highest BCUT2D eigenvalue weighted by atomic mass is 16.5. The second-order valence-electron chi connectivity index (χ2n) is 7.10. The maximum atomic E-state index is 12.6. The Morgan fingerprint density at radius 1 is 1.28 bits per heavy atom. The predicted octanol–water partition coefficient (Wildman–Crippen LogP) is 4.00. The van der Waals surface area contributed by atoms with E-state index in [2.05, 4.69) is 24.3 Å². The highest BCUT2D eigenvalue weighted by Crippen LogP contribution is 2.38. The van der Waals surface area contributed by atoms with E-state index in [1.54, 1.807) is 31.4 Å². The van der Waals surface area contributed by atoms with Crippen molar-refractivity contribution in [2.24, 2.45) is 10.6 Å². The first-order valence-corrected chi connectivity index (χ1v) is 8.13. The number of carbonyl (C=O) groups is 1. The number of furan rings is 1. The average Bonchev–Trinajstić information content (AvgIpc) is 2.90. The van der Waals surface area contributed by atoms with Crippen molar-refractivity contribution in [3.05, 3.63) is 46.9 Å². The summed E-state index contributed by atoms with van der Waals surface area (Å²) in [6.45, 7) is 5.97. The normalized spacial score (nSPS) is 17.2. The van der Waals surface area contributed by atoms with E-state index in [9.17, 15) is 10.0 Å². The Balaban J connectivity index is 1.90. The van der Waals surface area contributed by atoms with Gasteiger partial charge in [0.05, 0.1) is 12.8 Å². The molecule has 0 unspecified atom stereocenters. The van der Waals surface area contributed by atoms with Gasteiger partial charge in [-0.1, -0.05) is 19.0 Å². The van der Waals surface area contributed by atoms with Crippen molar-refractivity contribution in [3.63, 3.8) is 0 Å². The molecule has 0 saturated heterocycles. The first-order chi connectivity index (χ1) is 11.8. The van der Waals surface area contributed by atoms with Crippen molar-refractivity contribution in [1.82, 2.24) is 0 Å². The van der Waals surface area contributed by atoms with E-state index in [1.165, 1.54) is 0 Å². The minimum atomic E-state index is -0.327. The highest BCUT2D eigenvalue weighted by Gasteiger charge is 2.36. The van der Waals surface area contributed by atoms with Crippen LogP contribution in [0.5, 0.6) is 5.75 Å². The molecule has 2 N–H and O–H groups in total. The molecule has 0 saturated carbocycles. The zero-order valence-electron chi connectivity index (χ0n) is 14.8. The van der Waals surface area contributed by atoms with Crippen molar-refractivity contribution in [3.8, 4) is 5.75 Å². The van der Waals surface area contributed by atoms with Gasteiger partial charge in [-0.3, -0.25) is 4.79 Å². The SMILES string of the molecule is COc1ccc(NC(=O)c2oc3c(c2C)/C(=N/O)CC(C)(C)C3)cc1. The second kappa shape index (κ2) is 6.27. The molecule has 1 heterocycles. The fourth-order valence-corrected chi connectivity index (χ4v) is 3.28. The van der Waals surface area contributed by atoms with Gasteiger partial charge >= 0.3 is 0 Å². The van der Waals surface area contributed by atoms with Crippen LogP contribution in [0.3, 0.4) is 0 Å². The number of anilines is 1. The Kier molecular flexibility index (Phi) is 4.29. The topological polar surface area (TPSA) is 84.1 Å². The van der Waals surface area contributed by atoms with Gasteiger partial charge in [0.15, 0.2) is 5.76 Å². The van der Waals surface area contributed by atoms with Gasteiger partial charge in [-0.25, -0.2) is 0 Å². The zero-order valence-corrected chi connectivity index (χ0v) is 14.8. The molecule has 0 bridgehead atoms. The van der Waals surface area contributed by atoms with Gasteiger partial charge in [0.1, 0.15) is 11.5 Å². The number of rotatable bonds is 3. The largest absolute Gasteiger partial charge is 0.497 e. The molecule has 0 spiro atoms. The number of amides is 1. The van der Waals surface area contributed by atoms with E-state index >= 15 is 0 Å². The molecule has 132 valence electrons. The van der Waals surface area contributed by atoms with Crippen LogP contribution in [0, 0.1) is 12.3 Å². The number of benzene rings is 1. The van der Waals surface area contributed by atoms with Gasteiger partial charge in [0.25, 0.3) is 5.91 Å². The van der Waals surface area contributed by atoms with Crippen LogP contribution < -0.4 is 10.1 Å². The summed E-state index contributed by atoms with van der Waals surface area (Å²) in [6.07, 6.45) is 1.33. The summed E-state index contributed by atoms with van der Waals surface area (Å²) < 4.78 is 11.0. The van der Waals surface area contributed by atoms with Crippen LogP contribution in [0.4, 0.5) is 5.69 Å². The smallest absolute Gasteiger partial charge is 0.291 e. The molecule has 3 rings (SSSR count). The molecule has 0 atom stereocenters. The van der Waals surface area contributed by atoms with Crippen LogP contribution >= 0.6 is 0 Å². The summed E-state index contributed by atoms with van der Waals surface area (Å²) in [5, 5.41) is 15.6. The fourth-order valence-electron chi connectivity index (χ4n) is 3.28. The number of fused-ring (bicyclic) bond motifs is 1. The quantitative estimate of drug-likeness (QED) is 0.652. The van der Waals surface area contributed by atoms with Crippen molar-refractivity contribution >= 4 is 17.3 Å². The lowest BCUT2D eigenvalue weighted by molar-refractivity contribution is 0.0993. The van der Waals surface area contributed by atoms with Crippen LogP contribution in [-0.4, -0.2) is 23.9 Å². The Hall–Kier alpha value is -2.76. The van der Waals surface area contributed by atoms with Crippen molar-refractivity contribution in [1.29, 1.82) is 0 Å². The molecule has 25 heavy (non-hydrogen) atoms. The van der Waals surface area contributed by atoms with Crippen LogP contribution in [0.15, 0.2) is 33.8 Å². The third kappa shape index (κ3) is 3.24. The van der Waals surface area contributed by atoms with E-state index in [0.29, 0.717) is 41.3 Å². The molecule has 6 nitrogen and oxygen atoms in total. The van der Waals surface area contributed by atoms with Crippen LogP contribution in [-0.2, 0) is 6.42 Å². The predicted molar refractivity (Wildman–Crippen MR) is 94.8 cm³/mol. The molecule has 6 heteroatoms. The molecule has 2 aromatic rings. The lowest BCUT2D eigenvalue weighted by atomic mass is 9.75. The number of methoxy groups -OCH3 is 1. The molecular weight excluding hydrogens is 320 g/mol. The molecule has 1 aliphatic carbocycles. The van der Waals surface area contributed by atoms with Crippen LogP contribution in [0.25, 0.3) is 0 Å². The van der Waals surface area contributed by atoms with E-state index in [4.69, 9.17) is 9.15 Å². The number of ether oxygens (including phenoxy) is 1. The van der Waals surface area contributed by atoms with Gasteiger partial charge in [0, 0.05) is 23.2 Å². The first kappa shape index (κ1) is 17.1. The van der Waals surface area contributed by atoms with Crippen LogP contribution in [0.1, 0.15) is 47.7 Å². The van der Waals surface area contributed by atoms with Crippen LogP contribution in [0.2, 0.25) is 0 Å². The third-order valence-electron chi connectivity index (χ3n) is 4.47. The molecule has 1 aliphatic rings. The fraction of sp³-hybridized carbons (Fsp3) is 0.368. The van der Waals surface area contributed by atoms with Crippen molar-refractivity contribution < 1.29 is 19.2 Å². The molecule has 0 radical (unpaired) electrons. The maximum absolute atomic E-state index is 12.6. The van der Waals surface area contributed by atoms with Crippen molar-refractivity contribution in [2.75, 3.05) is 12.4 Å². The molecule has 0 aliphatic heterocycles.